The number of hydrogen-bond donors (Lipinski definition) is 2. The SMILES string of the molecule is COC(=O)c1ccc(-n2[nH]c(=O)c(C3=c4ccccc4=NC3=O)c2O)cc1. The highest BCUT2D eigenvalue weighted by Gasteiger charge is 2.27. The number of carbonyl (C=O) groups is 2. The second-order valence-corrected chi connectivity index (χ2v) is 5.82. The number of carbonyl (C=O) groups excluding carboxylic acids is 2. The van der Waals surface area contributed by atoms with Gasteiger partial charge in [-0.05, 0) is 30.3 Å². The third kappa shape index (κ3) is 2.54. The van der Waals surface area contributed by atoms with Crippen molar-refractivity contribution >= 4 is 17.4 Å². The summed E-state index contributed by atoms with van der Waals surface area (Å²) in [5.74, 6) is -1.50. The number of methoxy groups -OCH3 is 1. The van der Waals surface area contributed by atoms with E-state index in [1.165, 1.54) is 31.4 Å². The number of amides is 1. The number of ether oxygens (including phenoxy) is 1. The second kappa shape index (κ2) is 6.10. The number of fused-ring (bicyclic) bond motifs is 1. The van der Waals surface area contributed by atoms with Gasteiger partial charge in [-0.2, -0.15) is 0 Å². The molecule has 27 heavy (non-hydrogen) atoms. The zero-order chi connectivity index (χ0) is 19.1. The van der Waals surface area contributed by atoms with Gasteiger partial charge in [0, 0.05) is 5.22 Å². The van der Waals surface area contributed by atoms with Gasteiger partial charge >= 0.3 is 5.97 Å². The number of rotatable bonds is 3. The van der Waals surface area contributed by atoms with Crippen LogP contribution in [-0.4, -0.2) is 33.9 Å². The first-order chi connectivity index (χ1) is 13.0. The van der Waals surface area contributed by atoms with E-state index in [1.807, 2.05) is 0 Å². The highest BCUT2D eigenvalue weighted by atomic mass is 16.5. The molecule has 1 aliphatic heterocycles. The molecule has 0 saturated heterocycles. The highest BCUT2D eigenvalue weighted by Crippen LogP contribution is 2.24. The number of nitrogens with one attached hydrogen (secondary N) is 1. The number of hydrogen-bond acceptors (Lipinski definition) is 5. The van der Waals surface area contributed by atoms with Crippen LogP contribution in [0.25, 0.3) is 11.3 Å². The number of nitrogens with zero attached hydrogens (tertiary/aromatic N) is 2. The molecule has 0 radical (unpaired) electrons. The smallest absolute Gasteiger partial charge is 0.337 e. The number of para-hydroxylation sites is 1. The minimum atomic E-state index is -0.625. The van der Waals surface area contributed by atoms with Crippen LogP contribution in [0.1, 0.15) is 15.9 Å². The first kappa shape index (κ1) is 16.5. The summed E-state index contributed by atoms with van der Waals surface area (Å²) >= 11 is 0. The lowest BCUT2D eigenvalue weighted by molar-refractivity contribution is -0.112. The van der Waals surface area contributed by atoms with Crippen LogP contribution >= 0.6 is 0 Å². The molecule has 3 aromatic rings. The number of aromatic amines is 1. The van der Waals surface area contributed by atoms with Gasteiger partial charge in [0.15, 0.2) is 0 Å². The Balaban J connectivity index is 1.88. The van der Waals surface area contributed by atoms with Crippen molar-refractivity contribution in [3.05, 3.63) is 80.6 Å². The normalized spacial score (nSPS) is 12.6. The van der Waals surface area contributed by atoms with Crippen molar-refractivity contribution in [3.8, 4) is 11.6 Å². The van der Waals surface area contributed by atoms with E-state index in [0.717, 1.165) is 4.68 Å². The van der Waals surface area contributed by atoms with Gasteiger partial charge in [0.2, 0.25) is 5.88 Å². The van der Waals surface area contributed by atoms with Gasteiger partial charge in [0.25, 0.3) is 11.5 Å². The van der Waals surface area contributed by atoms with E-state index in [0.29, 0.717) is 21.8 Å². The van der Waals surface area contributed by atoms with Crippen LogP contribution in [-0.2, 0) is 9.53 Å². The third-order valence-corrected chi connectivity index (χ3v) is 4.28. The lowest BCUT2D eigenvalue weighted by Crippen LogP contribution is -2.24. The average Bonchev–Trinajstić information content (AvgIpc) is 3.16. The second-order valence-electron chi connectivity index (χ2n) is 5.82. The van der Waals surface area contributed by atoms with Gasteiger partial charge in [0.1, 0.15) is 5.56 Å². The monoisotopic (exact) mass is 363 g/mol. The Morgan fingerprint density at radius 3 is 2.52 bits per heavy atom. The maximum Gasteiger partial charge on any atom is 0.337 e. The maximum absolute atomic E-state index is 12.5. The molecule has 0 spiro atoms. The average molecular weight is 363 g/mol. The summed E-state index contributed by atoms with van der Waals surface area (Å²) in [6.45, 7) is 0. The zero-order valence-electron chi connectivity index (χ0n) is 14.1. The maximum atomic E-state index is 12.5. The van der Waals surface area contributed by atoms with Crippen molar-refractivity contribution in [2.24, 2.45) is 4.99 Å². The van der Waals surface area contributed by atoms with E-state index < -0.39 is 23.3 Å². The van der Waals surface area contributed by atoms with Crippen LogP contribution in [0.4, 0.5) is 0 Å². The fourth-order valence-corrected chi connectivity index (χ4v) is 3.00. The molecule has 0 bridgehead atoms. The predicted octanol–water partition coefficient (Wildman–Crippen LogP) is 0.0166. The first-order valence-corrected chi connectivity index (χ1v) is 7.97. The van der Waals surface area contributed by atoms with Crippen molar-refractivity contribution in [2.75, 3.05) is 7.11 Å². The van der Waals surface area contributed by atoms with Crippen LogP contribution in [0.3, 0.4) is 0 Å². The number of aromatic hydroxyl groups is 1. The van der Waals surface area contributed by atoms with Crippen LogP contribution < -0.4 is 16.1 Å². The standard InChI is InChI=1S/C19H13N3O5/c1-27-19(26)10-6-8-11(9-7-10)22-18(25)15(17(24)21-22)14-12-4-2-3-5-13(12)20-16(14)23/h2-9,25H,1H3,(H,21,24). The van der Waals surface area contributed by atoms with E-state index in [9.17, 15) is 19.5 Å². The van der Waals surface area contributed by atoms with E-state index in [4.69, 9.17) is 0 Å². The molecule has 134 valence electrons. The van der Waals surface area contributed by atoms with Gasteiger partial charge < -0.3 is 9.84 Å². The van der Waals surface area contributed by atoms with Crippen molar-refractivity contribution < 1.29 is 19.4 Å². The number of H-pyrrole nitrogens is 1. The minimum absolute atomic E-state index is 0.0503. The number of aromatic nitrogens is 2. The summed E-state index contributed by atoms with van der Waals surface area (Å²) in [4.78, 5) is 40.2. The molecule has 0 fully saturated rings. The van der Waals surface area contributed by atoms with Crippen LogP contribution in [0.2, 0.25) is 0 Å². The summed E-state index contributed by atoms with van der Waals surface area (Å²) in [6, 6.07) is 12.8. The molecule has 0 aliphatic carbocycles. The number of benzene rings is 2. The summed E-state index contributed by atoms with van der Waals surface area (Å²) in [5.41, 5.74) is 0.00290. The highest BCUT2D eigenvalue weighted by molar-refractivity contribution is 6.21. The summed E-state index contributed by atoms with van der Waals surface area (Å²) in [5, 5.41) is 14.1. The summed E-state index contributed by atoms with van der Waals surface area (Å²) < 4.78 is 5.78. The molecule has 2 heterocycles. The van der Waals surface area contributed by atoms with Gasteiger partial charge in [0.05, 0.1) is 29.3 Å². The lowest BCUT2D eigenvalue weighted by Gasteiger charge is -2.06. The molecule has 8 heteroatoms. The largest absolute Gasteiger partial charge is 0.493 e. The molecular formula is C19H13N3O5. The molecule has 2 N–H and O–H groups in total. The van der Waals surface area contributed by atoms with Crippen molar-refractivity contribution in [1.29, 1.82) is 0 Å². The molecule has 2 aromatic carbocycles. The molecule has 4 rings (SSSR count). The molecule has 1 aromatic heterocycles. The van der Waals surface area contributed by atoms with Crippen molar-refractivity contribution in [2.45, 2.75) is 0 Å². The Bertz CT molecular complexity index is 1270. The van der Waals surface area contributed by atoms with Gasteiger partial charge in [-0.3, -0.25) is 14.7 Å². The van der Waals surface area contributed by atoms with Gasteiger partial charge in [-0.1, -0.05) is 18.2 Å². The predicted molar refractivity (Wildman–Crippen MR) is 94.1 cm³/mol. The van der Waals surface area contributed by atoms with E-state index in [2.05, 4.69) is 14.8 Å². The van der Waals surface area contributed by atoms with Crippen molar-refractivity contribution in [3.63, 3.8) is 0 Å². The van der Waals surface area contributed by atoms with Gasteiger partial charge in [-0.25, -0.2) is 14.5 Å². The molecule has 0 saturated carbocycles. The quantitative estimate of drug-likeness (QED) is 0.637. The lowest BCUT2D eigenvalue weighted by atomic mass is 10.1. The summed E-state index contributed by atoms with van der Waals surface area (Å²) in [6.07, 6.45) is 0. The topological polar surface area (TPSA) is 114 Å². The molecular weight excluding hydrogens is 350 g/mol. The summed E-state index contributed by atoms with van der Waals surface area (Å²) in [7, 11) is 1.27. The minimum Gasteiger partial charge on any atom is -0.493 e. The van der Waals surface area contributed by atoms with Crippen molar-refractivity contribution in [1.82, 2.24) is 9.78 Å². The Morgan fingerprint density at radius 2 is 1.81 bits per heavy atom. The fourth-order valence-electron chi connectivity index (χ4n) is 3.00. The molecule has 1 aliphatic rings. The Labute approximate surface area is 151 Å². The van der Waals surface area contributed by atoms with E-state index in [-0.39, 0.29) is 11.1 Å². The third-order valence-electron chi connectivity index (χ3n) is 4.28. The molecule has 1 amide bonds. The van der Waals surface area contributed by atoms with Crippen LogP contribution in [0, 0.1) is 0 Å². The molecule has 8 nitrogen and oxygen atoms in total. The molecule has 0 unspecified atom stereocenters. The van der Waals surface area contributed by atoms with Crippen LogP contribution in [0.15, 0.2) is 58.3 Å². The Morgan fingerprint density at radius 1 is 1.11 bits per heavy atom. The van der Waals surface area contributed by atoms with Crippen LogP contribution in [0.5, 0.6) is 5.88 Å². The number of esters is 1. The molecule has 0 atom stereocenters. The van der Waals surface area contributed by atoms with Gasteiger partial charge in [-0.15, -0.1) is 0 Å². The van der Waals surface area contributed by atoms with E-state index >= 15 is 0 Å². The Hall–Kier alpha value is -3.94. The first-order valence-electron chi connectivity index (χ1n) is 7.97. The zero-order valence-corrected chi connectivity index (χ0v) is 14.1. The fraction of sp³-hybridized carbons (Fsp3) is 0.0526. The Kier molecular flexibility index (Phi) is 3.73. The van der Waals surface area contributed by atoms with E-state index in [1.54, 1.807) is 24.3 Å².